The van der Waals surface area contributed by atoms with Gasteiger partial charge in [0.1, 0.15) is 11.5 Å². The minimum atomic E-state index is 0.198. The van der Waals surface area contributed by atoms with E-state index in [1.165, 1.54) is 4.90 Å². The van der Waals surface area contributed by atoms with E-state index in [1.54, 1.807) is 18.9 Å². The van der Waals surface area contributed by atoms with Crippen molar-refractivity contribution in [2.75, 3.05) is 27.1 Å². The zero-order valence-electron chi connectivity index (χ0n) is 14.3. The fraction of sp³-hybridized carbons (Fsp3) is 0.333. The number of methoxy groups -OCH3 is 1. The second-order valence-electron chi connectivity index (χ2n) is 5.12. The van der Waals surface area contributed by atoms with Crippen molar-refractivity contribution in [1.29, 1.82) is 0 Å². The number of benzene rings is 2. The van der Waals surface area contributed by atoms with Gasteiger partial charge >= 0.3 is 0 Å². The molecule has 0 spiro atoms. The lowest BCUT2D eigenvalue weighted by Crippen LogP contribution is -2.06. The number of hydrogen-bond acceptors (Lipinski definition) is 5. The summed E-state index contributed by atoms with van der Waals surface area (Å²) in [4.78, 5) is 3.92. The maximum absolute atomic E-state index is 8.36. The van der Waals surface area contributed by atoms with Gasteiger partial charge in [-0.15, -0.1) is 11.8 Å². The van der Waals surface area contributed by atoms with Crippen LogP contribution in [0.4, 0.5) is 0 Å². The van der Waals surface area contributed by atoms with Gasteiger partial charge < -0.3 is 14.2 Å². The van der Waals surface area contributed by atoms with E-state index in [-0.39, 0.29) is 6.79 Å². The summed E-state index contributed by atoms with van der Waals surface area (Å²) in [5.41, 5.74) is 10.4. The van der Waals surface area contributed by atoms with Crippen molar-refractivity contribution in [2.24, 2.45) is 5.11 Å². The van der Waals surface area contributed by atoms with Gasteiger partial charge in [0.05, 0.1) is 13.2 Å². The topological polar surface area (TPSA) is 76.5 Å². The summed E-state index contributed by atoms with van der Waals surface area (Å²) < 4.78 is 16.4. The second-order valence-corrected chi connectivity index (χ2v) is 6.17. The molecule has 0 saturated heterocycles. The lowest BCUT2D eigenvalue weighted by atomic mass is 10.1. The van der Waals surface area contributed by atoms with Gasteiger partial charge in [0.25, 0.3) is 0 Å². The van der Waals surface area contributed by atoms with Crippen LogP contribution in [0.5, 0.6) is 11.5 Å². The molecule has 0 radical (unpaired) electrons. The molecule has 2 aromatic carbocycles. The van der Waals surface area contributed by atoms with E-state index >= 15 is 0 Å². The average molecular weight is 359 g/mol. The first-order valence-electron chi connectivity index (χ1n) is 7.82. The zero-order chi connectivity index (χ0) is 17.9. The van der Waals surface area contributed by atoms with Crippen LogP contribution >= 0.6 is 11.8 Å². The maximum atomic E-state index is 8.36. The molecule has 0 amide bonds. The van der Waals surface area contributed by atoms with Crippen LogP contribution in [0.15, 0.2) is 52.5 Å². The number of rotatable bonds is 10. The van der Waals surface area contributed by atoms with Crippen LogP contribution in [-0.4, -0.2) is 27.1 Å². The van der Waals surface area contributed by atoms with E-state index in [0.717, 1.165) is 28.4 Å². The quantitative estimate of drug-likeness (QED) is 0.150. The summed E-state index contributed by atoms with van der Waals surface area (Å²) in [6.07, 6.45) is 0. The van der Waals surface area contributed by atoms with Crippen LogP contribution < -0.4 is 9.47 Å². The highest BCUT2D eigenvalue weighted by Gasteiger charge is 2.13. The molecule has 2 rings (SSSR count). The monoisotopic (exact) mass is 359 g/mol. The Hall–Kier alpha value is -2.34. The molecule has 0 heterocycles. The maximum Gasteiger partial charge on any atom is 0.188 e. The van der Waals surface area contributed by atoms with Gasteiger partial charge in [-0.1, -0.05) is 23.3 Å². The summed E-state index contributed by atoms with van der Waals surface area (Å²) in [5.74, 6) is 2.29. The fourth-order valence-corrected chi connectivity index (χ4v) is 3.24. The lowest BCUT2D eigenvalue weighted by molar-refractivity contribution is 0.0505. The van der Waals surface area contributed by atoms with Crippen LogP contribution in [0.3, 0.4) is 0 Å². The van der Waals surface area contributed by atoms with Gasteiger partial charge in [-0.2, -0.15) is 0 Å². The number of azide groups is 1. The van der Waals surface area contributed by atoms with E-state index in [2.05, 4.69) is 22.2 Å². The predicted octanol–water partition coefficient (Wildman–Crippen LogP) is 4.96. The molecule has 25 heavy (non-hydrogen) atoms. The first-order chi connectivity index (χ1) is 12.3. The van der Waals surface area contributed by atoms with Gasteiger partial charge in [-0.25, -0.2) is 0 Å². The van der Waals surface area contributed by atoms with Crippen LogP contribution in [-0.2, 0) is 10.5 Å². The van der Waals surface area contributed by atoms with Crippen LogP contribution in [0, 0.1) is 6.92 Å². The van der Waals surface area contributed by atoms with E-state index in [1.807, 2.05) is 37.3 Å². The molecule has 132 valence electrons. The van der Waals surface area contributed by atoms with Gasteiger partial charge in [-0.3, -0.25) is 0 Å². The Bertz CT molecular complexity index is 719. The summed E-state index contributed by atoms with van der Waals surface area (Å²) in [5, 5.41) is 3.50. The van der Waals surface area contributed by atoms with Crippen molar-refractivity contribution in [2.45, 2.75) is 17.6 Å². The van der Waals surface area contributed by atoms with Crippen molar-refractivity contribution in [3.8, 4) is 11.5 Å². The van der Waals surface area contributed by atoms with Crippen molar-refractivity contribution in [1.82, 2.24) is 0 Å². The smallest absolute Gasteiger partial charge is 0.188 e. The molecule has 0 aliphatic heterocycles. The van der Waals surface area contributed by atoms with Gasteiger partial charge in [0.15, 0.2) is 6.79 Å². The average Bonchev–Trinajstić information content (AvgIpc) is 2.64. The number of nitrogens with zero attached hydrogens (tertiary/aromatic N) is 3. The molecular weight excluding hydrogens is 338 g/mol. The number of ether oxygens (including phenoxy) is 3. The molecule has 7 heteroatoms. The summed E-state index contributed by atoms with van der Waals surface area (Å²) in [7, 11) is 1.59. The Labute approximate surface area is 151 Å². The minimum absolute atomic E-state index is 0.198. The highest BCUT2D eigenvalue weighted by Crippen LogP contribution is 2.35. The molecule has 0 aromatic heterocycles. The Kier molecular flexibility index (Phi) is 7.98. The summed E-state index contributed by atoms with van der Waals surface area (Å²) in [6, 6.07) is 13.9. The first-order valence-corrected chi connectivity index (χ1v) is 8.80. The van der Waals surface area contributed by atoms with E-state index in [9.17, 15) is 0 Å². The van der Waals surface area contributed by atoms with Gasteiger partial charge in [0.2, 0.25) is 0 Å². The molecule has 0 aliphatic rings. The molecule has 0 bridgehead atoms. The summed E-state index contributed by atoms with van der Waals surface area (Å²) in [6.45, 7) is 2.84. The van der Waals surface area contributed by atoms with Crippen molar-refractivity contribution in [3.05, 3.63) is 64.0 Å². The first kappa shape index (κ1) is 19.0. The predicted molar refractivity (Wildman–Crippen MR) is 99.2 cm³/mol. The molecule has 0 saturated carbocycles. The highest BCUT2D eigenvalue weighted by molar-refractivity contribution is 7.98. The fourth-order valence-electron chi connectivity index (χ4n) is 2.22. The Morgan fingerprint density at radius 1 is 1.08 bits per heavy atom. The standard InChI is InChI=1S/C18H21N3O3S/c1-14-16(12-25-15-6-4-3-5-7-15)18(23-11-10-20-21-19)9-8-17(14)24-13-22-2/h3-9H,10-13H2,1-2H3. The normalized spacial score (nSPS) is 10.2. The molecule has 0 unspecified atom stereocenters. The molecule has 0 N–H and O–H groups in total. The Morgan fingerprint density at radius 2 is 1.84 bits per heavy atom. The van der Waals surface area contributed by atoms with Gasteiger partial charge in [0, 0.05) is 28.2 Å². The van der Waals surface area contributed by atoms with E-state index in [4.69, 9.17) is 19.7 Å². The highest BCUT2D eigenvalue weighted by atomic mass is 32.2. The van der Waals surface area contributed by atoms with Crippen LogP contribution in [0.1, 0.15) is 11.1 Å². The van der Waals surface area contributed by atoms with Crippen LogP contribution in [0.2, 0.25) is 0 Å². The largest absolute Gasteiger partial charge is 0.493 e. The minimum Gasteiger partial charge on any atom is -0.493 e. The lowest BCUT2D eigenvalue weighted by Gasteiger charge is -2.17. The number of hydrogen-bond donors (Lipinski definition) is 0. The van der Waals surface area contributed by atoms with Crippen molar-refractivity contribution >= 4 is 11.8 Å². The molecule has 6 nitrogen and oxygen atoms in total. The molecule has 0 atom stereocenters. The Balaban J connectivity index is 2.18. The van der Waals surface area contributed by atoms with Crippen molar-refractivity contribution < 1.29 is 14.2 Å². The second kappa shape index (κ2) is 10.5. The molecule has 0 fully saturated rings. The van der Waals surface area contributed by atoms with Gasteiger partial charge in [-0.05, 0) is 42.3 Å². The van der Waals surface area contributed by atoms with E-state index in [0.29, 0.717) is 13.2 Å². The molecule has 0 aliphatic carbocycles. The zero-order valence-corrected chi connectivity index (χ0v) is 15.2. The van der Waals surface area contributed by atoms with Crippen molar-refractivity contribution in [3.63, 3.8) is 0 Å². The third-order valence-electron chi connectivity index (χ3n) is 3.48. The SMILES string of the molecule is COCOc1ccc(OCCN=[N+]=[N-])c(CSc2ccccc2)c1C. The third kappa shape index (κ3) is 5.90. The van der Waals surface area contributed by atoms with Crippen LogP contribution in [0.25, 0.3) is 10.4 Å². The molecule has 2 aromatic rings. The van der Waals surface area contributed by atoms with E-state index < -0.39 is 0 Å². The third-order valence-corrected chi connectivity index (χ3v) is 4.52. The number of thioether (sulfide) groups is 1. The summed E-state index contributed by atoms with van der Waals surface area (Å²) >= 11 is 1.73. The Morgan fingerprint density at radius 3 is 2.56 bits per heavy atom. The molecular formula is C18H21N3O3S.